The first-order valence-electron chi connectivity index (χ1n) is 10.0. The predicted octanol–water partition coefficient (Wildman–Crippen LogP) is 2.23. The van der Waals surface area contributed by atoms with Crippen molar-refractivity contribution in [2.45, 2.75) is 44.1 Å². The summed E-state index contributed by atoms with van der Waals surface area (Å²) in [5.41, 5.74) is 1.56. The average molecular weight is 391 g/mol. The van der Waals surface area contributed by atoms with Crippen LogP contribution in [0.5, 0.6) is 0 Å². The van der Waals surface area contributed by atoms with Crippen LogP contribution in [0.15, 0.2) is 48.7 Å². The standard InChI is InChI=1S/C22H26BN3O3/c1-2-24-21(28)29-16-10-12-22(13-11-16,19-9-5-6-14-25-19)15-26-20(27)17-7-3-4-8-18(17)23/h3-9,14,16H,2,10-13,15H2,1H3,(H,24,28)(H,26,27). The molecule has 1 aromatic heterocycles. The number of ether oxygens (including phenoxy) is 1. The molecule has 1 fully saturated rings. The van der Waals surface area contributed by atoms with Crippen molar-refractivity contribution < 1.29 is 14.3 Å². The normalized spacial score (nSPS) is 21.2. The van der Waals surface area contributed by atoms with E-state index >= 15 is 0 Å². The fourth-order valence-corrected chi connectivity index (χ4v) is 3.85. The van der Waals surface area contributed by atoms with Crippen molar-refractivity contribution in [1.29, 1.82) is 0 Å². The van der Waals surface area contributed by atoms with Gasteiger partial charge in [0, 0.05) is 36.0 Å². The lowest BCUT2D eigenvalue weighted by molar-refractivity contribution is 0.0561. The van der Waals surface area contributed by atoms with Gasteiger partial charge in [-0.1, -0.05) is 35.8 Å². The Morgan fingerprint density at radius 3 is 2.52 bits per heavy atom. The van der Waals surface area contributed by atoms with E-state index in [1.165, 1.54) is 0 Å². The SMILES string of the molecule is [B]c1ccccc1C(=O)NCC1(c2ccccn2)CCC(OC(=O)NCC)CC1. The number of alkyl carbamates (subject to hydrolysis) is 1. The number of rotatable bonds is 6. The second kappa shape index (κ2) is 9.59. The first kappa shape index (κ1) is 20.9. The summed E-state index contributed by atoms with van der Waals surface area (Å²) < 4.78 is 5.50. The van der Waals surface area contributed by atoms with Gasteiger partial charge in [-0.15, -0.1) is 0 Å². The molecule has 1 aliphatic carbocycles. The van der Waals surface area contributed by atoms with E-state index in [0.717, 1.165) is 31.4 Å². The highest BCUT2D eigenvalue weighted by Gasteiger charge is 2.39. The smallest absolute Gasteiger partial charge is 0.407 e. The van der Waals surface area contributed by atoms with Crippen molar-refractivity contribution in [3.63, 3.8) is 0 Å². The number of amides is 2. The third-order valence-electron chi connectivity index (χ3n) is 5.49. The highest BCUT2D eigenvalue weighted by Crippen LogP contribution is 2.39. The molecule has 2 N–H and O–H groups in total. The van der Waals surface area contributed by atoms with Crippen molar-refractivity contribution in [2.24, 2.45) is 0 Å². The van der Waals surface area contributed by atoms with Crippen LogP contribution in [0.1, 0.15) is 48.7 Å². The van der Waals surface area contributed by atoms with Crippen LogP contribution in [0, 0.1) is 0 Å². The van der Waals surface area contributed by atoms with E-state index in [2.05, 4.69) is 15.6 Å². The quantitative estimate of drug-likeness (QED) is 0.741. The van der Waals surface area contributed by atoms with Crippen LogP contribution in [0.2, 0.25) is 0 Å². The Bertz CT molecular complexity index is 836. The van der Waals surface area contributed by atoms with Gasteiger partial charge in [0.15, 0.2) is 0 Å². The highest BCUT2D eigenvalue weighted by atomic mass is 16.6. The third kappa shape index (κ3) is 5.16. The number of hydrogen-bond acceptors (Lipinski definition) is 4. The molecule has 150 valence electrons. The molecule has 6 nitrogen and oxygen atoms in total. The first-order valence-corrected chi connectivity index (χ1v) is 10.0. The Labute approximate surface area is 172 Å². The van der Waals surface area contributed by atoms with Gasteiger partial charge in [0.25, 0.3) is 5.91 Å². The number of carbonyl (C=O) groups is 2. The lowest BCUT2D eigenvalue weighted by atomic mass is 9.70. The summed E-state index contributed by atoms with van der Waals surface area (Å²) in [4.78, 5) is 29.0. The Balaban J connectivity index is 1.70. The Morgan fingerprint density at radius 2 is 1.86 bits per heavy atom. The van der Waals surface area contributed by atoms with Crippen LogP contribution in [0.25, 0.3) is 0 Å². The monoisotopic (exact) mass is 391 g/mol. The van der Waals surface area contributed by atoms with Crippen LogP contribution >= 0.6 is 0 Å². The average Bonchev–Trinajstić information content (AvgIpc) is 2.74. The molecule has 0 bridgehead atoms. The van der Waals surface area contributed by atoms with Gasteiger partial charge in [0.1, 0.15) is 14.0 Å². The lowest BCUT2D eigenvalue weighted by Gasteiger charge is -2.39. The van der Waals surface area contributed by atoms with Crippen LogP contribution in [0.4, 0.5) is 4.79 Å². The molecule has 0 spiro atoms. The molecule has 1 heterocycles. The molecular formula is C22H26BN3O3. The summed E-state index contributed by atoms with van der Waals surface area (Å²) >= 11 is 0. The number of nitrogens with one attached hydrogen (secondary N) is 2. The maximum Gasteiger partial charge on any atom is 0.407 e. The minimum Gasteiger partial charge on any atom is -0.446 e. The molecule has 1 saturated carbocycles. The van der Waals surface area contributed by atoms with Gasteiger partial charge in [-0.05, 0) is 44.7 Å². The minimum atomic E-state index is -0.379. The fourth-order valence-electron chi connectivity index (χ4n) is 3.85. The number of aromatic nitrogens is 1. The number of carbonyl (C=O) groups excluding carboxylic acids is 2. The molecule has 0 atom stereocenters. The van der Waals surface area contributed by atoms with E-state index in [9.17, 15) is 9.59 Å². The van der Waals surface area contributed by atoms with Crippen LogP contribution in [-0.4, -0.2) is 44.0 Å². The van der Waals surface area contributed by atoms with Crippen molar-refractivity contribution in [1.82, 2.24) is 15.6 Å². The van der Waals surface area contributed by atoms with Crippen LogP contribution < -0.4 is 16.1 Å². The van der Waals surface area contributed by atoms with E-state index in [1.807, 2.05) is 25.1 Å². The third-order valence-corrected chi connectivity index (χ3v) is 5.49. The van der Waals surface area contributed by atoms with Crippen LogP contribution in [0.3, 0.4) is 0 Å². The van der Waals surface area contributed by atoms with Crippen molar-refractivity contribution in [3.05, 3.63) is 59.9 Å². The summed E-state index contributed by atoms with van der Waals surface area (Å²) in [5, 5.41) is 5.71. The van der Waals surface area contributed by atoms with Gasteiger partial charge in [0.05, 0.1) is 0 Å². The number of nitrogens with zero attached hydrogens (tertiary/aromatic N) is 1. The van der Waals surface area contributed by atoms with Gasteiger partial charge in [-0.2, -0.15) is 0 Å². The molecule has 2 radical (unpaired) electrons. The zero-order valence-corrected chi connectivity index (χ0v) is 16.7. The van der Waals surface area contributed by atoms with E-state index in [-0.39, 0.29) is 23.5 Å². The second-order valence-electron chi connectivity index (χ2n) is 7.40. The second-order valence-corrected chi connectivity index (χ2v) is 7.40. The topological polar surface area (TPSA) is 80.3 Å². The van der Waals surface area contributed by atoms with Crippen LogP contribution in [-0.2, 0) is 10.2 Å². The molecule has 0 saturated heterocycles. The Morgan fingerprint density at radius 1 is 1.14 bits per heavy atom. The number of pyridine rings is 1. The maximum atomic E-state index is 12.7. The van der Waals surface area contributed by atoms with E-state index in [4.69, 9.17) is 12.6 Å². The van der Waals surface area contributed by atoms with Gasteiger partial charge >= 0.3 is 6.09 Å². The number of benzene rings is 1. The van der Waals surface area contributed by atoms with Gasteiger partial charge in [-0.3, -0.25) is 9.78 Å². The summed E-state index contributed by atoms with van der Waals surface area (Å²) in [5.74, 6) is -0.195. The molecule has 7 heteroatoms. The number of hydrogen-bond donors (Lipinski definition) is 2. The Kier molecular flexibility index (Phi) is 6.91. The summed E-state index contributed by atoms with van der Waals surface area (Å²) in [6.07, 6.45) is 4.23. The molecule has 29 heavy (non-hydrogen) atoms. The van der Waals surface area contributed by atoms with E-state index in [0.29, 0.717) is 24.1 Å². The van der Waals surface area contributed by atoms with E-state index in [1.54, 1.807) is 30.5 Å². The van der Waals surface area contributed by atoms with Gasteiger partial charge in [-0.25, -0.2) is 4.79 Å². The summed E-state index contributed by atoms with van der Waals surface area (Å²) in [6.45, 7) is 2.85. The Hall–Kier alpha value is -2.83. The zero-order valence-electron chi connectivity index (χ0n) is 16.7. The zero-order chi connectivity index (χ0) is 20.7. The van der Waals surface area contributed by atoms with Crippen molar-refractivity contribution in [2.75, 3.05) is 13.1 Å². The van der Waals surface area contributed by atoms with Crippen molar-refractivity contribution in [3.8, 4) is 0 Å². The minimum absolute atomic E-state index is 0.126. The largest absolute Gasteiger partial charge is 0.446 e. The lowest BCUT2D eigenvalue weighted by Crippen LogP contribution is -2.46. The predicted molar refractivity (Wildman–Crippen MR) is 112 cm³/mol. The van der Waals surface area contributed by atoms with Crippen molar-refractivity contribution >= 4 is 25.3 Å². The molecule has 2 amide bonds. The maximum absolute atomic E-state index is 12.7. The van der Waals surface area contributed by atoms with Gasteiger partial charge < -0.3 is 15.4 Å². The molecule has 1 aliphatic rings. The molecule has 0 unspecified atom stereocenters. The highest BCUT2D eigenvalue weighted by molar-refractivity contribution is 6.36. The molecule has 3 rings (SSSR count). The summed E-state index contributed by atoms with van der Waals surface area (Å²) in [6, 6.07) is 12.9. The molecule has 2 aromatic rings. The van der Waals surface area contributed by atoms with E-state index < -0.39 is 0 Å². The first-order chi connectivity index (χ1) is 14.0. The fraction of sp³-hybridized carbons (Fsp3) is 0.409. The summed E-state index contributed by atoms with van der Waals surface area (Å²) in [7, 11) is 5.94. The molecule has 0 aliphatic heterocycles. The molecule has 1 aromatic carbocycles. The molecular weight excluding hydrogens is 365 g/mol. The van der Waals surface area contributed by atoms with Gasteiger partial charge in [0.2, 0.25) is 0 Å².